The van der Waals surface area contributed by atoms with E-state index in [0.717, 1.165) is 4.88 Å². The second-order valence-corrected chi connectivity index (χ2v) is 3.82. The first kappa shape index (κ1) is 9.85. The summed E-state index contributed by atoms with van der Waals surface area (Å²) in [5.41, 5.74) is 0.203. The van der Waals surface area contributed by atoms with Crippen molar-refractivity contribution in [3.05, 3.63) is 31.9 Å². The van der Waals surface area contributed by atoms with Gasteiger partial charge in [-0.3, -0.25) is 10.1 Å². The van der Waals surface area contributed by atoms with Gasteiger partial charge in [0.15, 0.2) is 0 Å². The summed E-state index contributed by atoms with van der Waals surface area (Å²) >= 11 is 1.46. The molecule has 1 aromatic rings. The molecule has 0 saturated heterocycles. The summed E-state index contributed by atoms with van der Waals surface area (Å²) in [5, 5.41) is 11.2. The van der Waals surface area contributed by atoms with E-state index in [4.69, 9.17) is 0 Å². The van der Waals surface area contributed by atoms with Gasteiger partial charge in [0, 0.05) is 23.6 Å². The monoisotopic (exact) mass is 198 g/mol. The second-order valence-electron chi connectivity index (χ2n) is 2.56. The lowest BCUT2D eigenvalue weighted by Gasteiger charge is -1.90. The van der Waals surface area contributed by atoms with Crippen LogP contribution in [0.4, 0.5) is 0 Å². The standard InChI is InChI=1S/C8H10N2O2S/c1-3-7(10(11)12)4-8-9-5-6(2)13-8/h4-5H,3H2,1-2H3/b7-4-. The van der Waals surface area contributed by atoms with E-state index in [1.807, 2.05) is 6.92 Å². The van der Waals surface area contributed by atoms with Crippen LogP contribution in [0.3, 0.4) is 0 Å². The number of hydrogen-bond donors (Lipinski definition) is 0. The maximum atomic E-state index is 10.5. The van der Waals surface area contributed by atoms with Gasteiger partial charge in [0.05, 0.1) is 4.92 Å². The number of nitrogens with zero attached hydrogens (tertiary/aromatic N) is 2. The predicted octanol–water partition coefficient (Wildman–Crippen LogP) is 2.48. The summed E-state index contributed by atoms with van der Waals surface area (Å²) in [6, 6.07) is 0. The molecule has 13 heavy (non-hydrogen) atoms. The molecule has 0 atom stereocenters. The third-order valence-corrected chi connectivity index (χ3v) is 2.39. The van der Waals surface area contributed by atoms with Crippen molar-refractivity contribution in [2.24, 2.45) is 0 Å². The molecule has 0 saturated carbocycles. The Morgan fingerprint density at radius 1 is 1.85 bits per heavy atom. The molecule has 0 aliphatic carbocycles. The normalized spacial score (nSPS) is 11.7. The molecule has 0 spiro atoms. The summed E-state index contributed by atoms with van der Waals surface area (Å²) < 4.78 is 0. The van der Waals surface area contributed by atoms with Gasteiger partial charge >= 0.3 is 0 Å². The fourth-order valence-electron chi connectivity index (χ4n) is 0.865. The first-order valence-electron chi connectivity index (χ1n) is 3.91. The Morgan fingerprint density at radius 2 is 2.54 bits per heavy atom. The minimum atomic E-state index is -0.364. The average Bonchev–Trinajstić information content (AvgIpc) is 2.46. The molecule has 0 radical (unpaired) electrons. The molecule has 0 N–H and O–H groups in total. The molecule has 4 nitrogen and oxygen atoms in total. The van der Waals surface area contributed by atoms with Crippen LogP contribution in [0.25, 0.3) is 6.08 Å². The van der Waals surface area contributed by atoms with E-state index in [2.05, 4.69) is 4.98 Å². The van der Waals surface area contributed by atoms with Crippen molar-refractivity contribution in [2.45, 2.75) is 20.3 Å². The minimum absolute atomic E-state index is 0.203. The highest BCUT2D eigenvalue weighted by atomic mass is 32.1. The zero-order valence-corrected chi connectivity index (χ0v) is 8.30. The van der Waals surface area contributed by atoms with Crippen molar-refractivity contribution in [2.75, 3.05) is 0 Å². The molecule has 0 amide bonds. The van der Waals surface area contributed by atoms with Crippen LogP contribution in [0.2, 0.25) is 0 Å². The number of hydrogen-bond acceptors (Lipinski definition) is 4. The molecule has 0 bridgehead atoms. The summed E-state index contributed by atoms with van der Waals surface area (Å²) in [4.78, 5) is 15.2. The van der Waals surface area contributed by atoms with Gasteiger partial charge in [-0.25, -0.2) is 4.98 Å². The van der Waals surface area contributed by atoms with Gasteiger partial charge in [0.25, 0.3) is 0 Å². The molecular formula is C8H10N2O2S. The summed E-state index contributed by atoms with van der Waals surface area (Å²) in [5.74, 6) is 0. The van der Waals surface area contributed by atoms with Crippen LogP contribution < -0.4 is 0 Å². The Kier molecular flexibility index (Phi) is 3.13. The van der Waals surface area contributed by atoms with Crippen LogP contribution in [0, 0.1) is 17.0 Å². The van der Waals surface area contributed by atoms with Crippen molar-refractivity contribution < 1.29 is 4.92 Å². The van der Waals surface area contributed by atoms with Gasteiger partial charge in [-0.2, -0.15) is 0 Å². The van der Waals surface area contributed by atoms with Crippen molar-refractivity contribution in [1.82, 2.24) is 4.98 Å². The highest BCUT2D eigenvalue weighted by Gasteiger charge is 2.08. The predicted molar refractivity (Wildman–Crippen MR) is 52.1 cm³/mol. The lowest BCUT2D eigenvalue weighted by atomic mass is 10.3. The molecule has 0 unspecified atom stereocenters. The van der Waals surface area contributed by atoms with Crippen molar-refractivity contribution in [3.8, 4) is 0 Å². The largest absolute Gasteiger partial charge is 0.259 e. The zero-order chi connectivity index (χ0) is 9.84. The van der Waals surface area contributed by atoms with E-state index in [-0.39, 0.29) is 10.6 Å². The van der Waals surface area contributed by atoms with E-state index in [0.29, 0.717) is 11.4 Å². The van der Waals surface area contributed by atoms with Gasteiger partial charge in [0.2, 0.25) is 5.70 Å². The van der Waals surface area contributed by atoms with Gasteiger partial charge in [0.1, 0.15) is 5.01 Å². The first-order chi connectivity index (χ1) is 6.13. The Balaban J connectivity index is 2.91. The van der Waals surface area contributed by atoms with E-state index in [1.54, 1.807) is 13.1 Å². The summed E-state index contributed by atoms with van der Waals surface area (Å²) in [7, 11) is 0. The molecule has 1 rings (SSSR count). The maximum Gasteiger partial charge on any atom is 0.248 e. The second kappa shape index (κ2) is 4.13. The van der Waals surface area contributed by atoms with Crippen LogP contribution >= 0.6 is 11.3 Å². The highest BCUT2D eigenvalue weighted by molar-refractivity contribution is 7.12. The Hall–Kier alpha value is -1.23. The third kappa shape index (κ3) is 2.62. The van der Waals surface area contributed by atoms with Gasteiger partial charge < -0.3 is 0 Å². The van der Waals surface area contributed by atoms with Gasteiger partial charge in [-0.1, -0.05) is 6.92 Å². The van der Waals surface area contributed by atoms with Crippen molar-refractivity contribution in [1.29, 1.82) is 0 Å². The Bertz CT molecular complexity index is 344. The smallest absolute Gasteiger partial charge is 0.248 e. The molecule has 0 aliphatic rings. The van der Waals surface area contributed by atoms with E-state index in [1.165, 1.54) is 17.4 Å². The summed E-state index contributed by atoms with van der Waals surface area (Å²) in [6.45, 7) is 3.68. The molecule has 5 heteroatoms. The van der Waals surface area contributed by atoms with Crippen LogP contribution in [0.1, 0.15) is 23.2 Å². The minimum Gasteiger partial charge on any atom is -0.259 e. The third-order valence-electron chi connectivity index (χ3n) is 1.53. The van der Waals surface area contributed by atoms with Crippen LogP contribution in [0.5, 0.6) is 0 Å². The number of aromatic nitrogens is 1. The fourth-order valence-corrected chi connectivity index (χ4v) is 1.60. The van der Waals surface area contributed by atoms with Crippen LogP contribution in [-0.2, 0) is 0 Å². The first-order valence-corrected chi connectivity index (χ1v) is 4.72. The molecule has 1 aromatic heterocycles. The number of nitro groups is 1. The lowest BCUT2D eigenvalue weighted by Crippen LogP contribution is -1.96. The molecule has 0 aromatic carbocycles. The lowest BCUT2D eigenvalue weighted by molar-refractivity contribution is -0.425. The molecule has 70 valence electrons. The summed E-state index contributed by atoms with van der Waals surface area (Å²) in [6.07, 6.45) is 3.66. The van der Waals surface area contributed by atoms with E-state index >= 15 is 0 Å². The fraction of sp³-hybridized carbons (Fsp3) is 0.375. The Morgan fingerprint density at radius 3 is 2.92 bits per heavy atom. The van der Waals surface area contributed by atoms with Crippen LogP contribution in [0.15, 0.2) is 11.9 Å². The SMILES string of the molecule is CC/C(=C/c1ncc(C)s1)[N+](=O)[O-]. The molecule has 1 heterocycles. The number of aryl methyl sites for hydroxylation is 1. The topological polar surface area (TPSA) is 56.0 Å². The maximum absolute atomic E-state index is 10.5. The number of rotatable bonds is 3. The average molecular weight is 198 g/mol. The quantitative estimate of drug-likeness (QED) is 0.553. The van der Waals surface area contributed by atoms with Crippen molar-refractivity contribution >= 4 is 17.4 Å². The van der Waals surface area contributed by atoms with Gasteiger partial charge in [-0.05, 0) is 6.92 Å². The Labute approximate surface area is 80.1 Å². The van der Waals surface area contributed by atoms with Gasteiger partial charge in [-0.15, -0.1) is 11.3 Å². The van der Waals surface area contributed by atoms with Crippen molar-refractivity contribution in [3.63, 3.8) is 0 Å². The number of thiazole rings is 1. The molecule has 0 fully saturated rings. The van der Waals surface area contributed by atoms with E-state index < -0.39 is 0 Å². The highest BCUT2D eigenvalue weighted by Crippen LogP contribution is 2.16. The molecular weight excluding hydrogens is 188 g/mol. The zero-order valence-electron chi connectivity index (χ0n) is 7.48. The number of allylic oxidation sites excluding steroid dienone is 1. The molecule has 0 aliphatic heterocycles. The van der Waals surface area contributed by atoms with E-state index in [9.17, 15) is 10.1 Å². The van der Waals surface area contributed by atoms with Crippen LogP contribution in [-0.4, -0.2) is 9.91 Å².